The van der Waals surface area contributed by atoms with Crippen LogP contribution in [0.2, 0.25) is 0 Å². The number of aromatic nitrogens is 1. The number of hydrogen-bond acceptors (Lipinski definition) is 2. The predicted molar refractivity (Wildman–Crippen MR) is 120 cm³/mol. The standard InChI is InChI=1S/C25H26ClFN2O/c1-3-22(30)29-15-12-25(27,13-16-29)24(26)20-8-6-18(7-9-20)21-11-10-19-5-4-14-28-23(19)17(21)2/h4-11,14,24H,3,12-13,15-16H2,1-2H3. The molecular formula is C25H26ClFN2O. The number of benzene rings is 2. The number of aryl methyl sites for hydroxylation is 1. The number of halogens is 2. The molecule has 0 N–H and O–H groups in total. The number of carbonyl (C=O) groups is 1. The van der Waals surface area contributed by atoms with Crippen LogP contribution >= 0.6 is 11.6 Å². The number of likely N-dealkylation sites (tertiary alicyclic amines) is 1. The number of hydrogen-bond donors (Lipinski definition) is 0. The summed E-state index contributed by atoms with van der Waals surface area (Å²) in [7, 11) is 0. The van der Waals surface area contributed by atoms with Crippen LogP contribution in [0.25, 0.3) is 22.0 Å². The molecular weight excluding hydrogens is 399 g/mol. The third-order valence-corrected chi connectivity index (χ3v) is 6.89. The lowest BCUT2D eigenvalue weighted by molar-refractivity contribution is -0.133. The van der Waals surface area contributed by atoms with Crippen molar-refractivity contribution in [3.05, 3.63) is 65.9 Å². The molecule has 0 radical (unpaired) electrons. The van der Waals surface area contributed by atoms with Gasteiger partial charge in [0.2, 0.25) is 5.91 Å². The smallest absolute Gasteiger partial charge is 0.222 e. The first kappa shape index (κ1) is 20.8. The molecule has 3 aromatic rings. The van der Waals surface area contributed by atoms with E-state index in [1.54, 1.807) is 11.1 Å². The first-order valence-electron chi connectivity index (χ1n) is 10.5. The number of alkyl halides is 2. The van der Waals surface area contributed by atoms with Crippen molar-refractivity contribution in [2.75, 3.05) is 13.1 Å². The Morgan fingerprint density at radius 3 is 2.53 bits per heavy atom. The van der Waals surface area contributed by atoms with Crippen molar-refractivity contribution in [1.82, 2.24) is 9.88 Å². The van der Waals surface area contributed by atoms with Gasteiger partial charge in [0, 0.05) is 43.9 Å². The van der Waals surface area contributed by atoms with Gasteiger partial charge in [-0.1, -0.05) is 49.4 Å². The molecule has 1 amide bonds. The van der Waals surface area contributed by atoms with Gasteiger partial charge >= 0.3 is 0 Å². The molecule has 3 nitrogen and oxygen atoms in total. The minimum Gasteiger partial charge on any atom is -0.342 e. The number of carbonyl (C=O) groups excluding carboxylic acids is 1. The van der Waals surface area contributed by atoms with Crippen LogP contribution in [-0.2, 0) is 4.79 Å². The zero-order valence-electron chi connectivity index (χ0n) is 17.4. The van der Waals surface area contributed by atoms with Crippen molar-refractivity contribution >= 4 is 28.4 Å². The van der Waals surface area contributed by atoms with E-state index in [9.17, 15) is 4.79 Å². The molecule has 30 heavy (non-hydrogen) atoms. The van der Waals surface area contributed by atoms with Gasteiger partial charge in [0.25, 0.3) is 0 Å². The van der Waals surface area contributed by atoms with Crippen LogP contribution in [0.3, 0.4) is 0 Å². The van der Waals surface area contributed by atoms with Crippen molar-refractivity contribution in [3.8, 4) is 11.1 Å². The maximum atomic E-state index is 15.6. The summed E-state index contributed by atoms with van der Waals surface area (Å²) in [5.74, 6) is 0.0766. The van der Waals surface area contributed by atoms with Crippen LogP contribution in [0.15, 0.2) is 54.7 Å². The van der Waals surface area contributed by atoms with Crippen molar-refractivity contribution in [1.29, 1.82) is 0 Å². The highest BCUT2D eigenvalue weighted by Gasteiger charge is 2.42. The van der Waals surface area contributed by atoms with Gasteiger partial charge in [0.05, 0.1) is 10.9 Å². The van der Waals surface area contributed by atoms with Gasteiger partial charge in [-0.05, 0) is 35.2 Å². The number of rotatable bonds is 4. The summed E-state index contributed by atoms with van der Waals surface area (Å²) in [5, 5.41) is 0.383. The molecule has 0 aliphatic carbocycles. The van der Waals surface area contributed by atoms with Crippen LogP contribution < -0.4 is 0 Å². The molecule has 1 fully saturated rings. The molecule has 1 unspecified atom stereocenters. The second-order valence-electron chi connectivity index (χ2n) is 8.07. The Morgan fingerprint density at radius 1 is 1.17 bits per heavy atom. The number of nitrogens with zero attached hydrogens (tertiary/aromatic N) is 2. The normalized spacial score (nSPS) is 17.1. The predicted octanol–water partition coefficient (Wildman–Crippen LogP) is 6.23. The first-order chi connectivity index (χ1) is 14.4. The third kappa shape index (κ3) is 3.81. The summed E-state index contributed by atoms with van der Waals surface area (Å²) in [6.07, 6.45) is 2.79. The molecule has 156 valence electrons. The third-order valence-electron chi connectivity index (χ3n) is 6.25. The summed E-state index contributed by atoms with van der Waals surface area (Å²) < 4.78 is 15.6. The minimum absolute atomic E-state index is 0.0766. The summed E-state index contributed by atoms with van der Waals surface area (Å²) in [5.41, 5.74) is 3.55. The summed E-state index contributed by atoms with van der Waals surface area (Å²) in [6.45, 7) is 4.76. The highest BCUT2D eigenvalue weighted by atomic mass is 35.5. The van der Waals surface area contributed by atoms with E-state index in [0.717, 1.165) is 33.2 Å². The zero-order chi connectivity index (χ0) is 21.3. The number of piperidine rings is 1. The van der Waals surface area contributed by atoms with E-state index in [1.165, 1.54) is 0 Å². The van der Waals surface area contributed by atoms with Crippen LogP contribution in [0.5, 0.6) is 0 Å². The van der Waals surface area contributed by atoms with Gasteiger partial charge in [-0.15, -0.1) is 11.6 Å². The Morgan fingerprint density at radius 2 is 1.87 bits per heavy atom. The second-order valence-corrected chi connectivity index (χ2v) is 8.50. The van der Waals surface area contributed by atoms with Crippen LogP contribution in [0, 0.1) is 6.92 Å². The molecule has 1 aliphatic heterocycles. The first-order valence-corrected chi connectivity index (χ1v) is 10.9. The van der Waals surface area contributed by atoms with Crippen molar-refractivity contribution < 1.29 is 9.18 Å². The van der Waals surface area contributed by atoms with Crippen molar-refractivity contribution in [2.24, 2.45) is 0 Å². The fraction of sp³-hybridized carbons (Fsp3) is 0.360. The molecule has 1 aromatic heterocycles. The van der Waals surface area contributed by atoms with Crippen LogP contribution in [-0.4, -0.2) is 34.5 Å². The van der Waals surface area contributed by atoms with Crippen molar-refractivity contribution in [2.45, 2.75) is 44.2 Å². The van der Waals surface area contributed by atoms with Gasteiger partial charge in [0.1, 0.15) is 5.67 Å². The highest BCUT2D eigenvalue weighted by molar-refractivity contribution is 6.21. The fourth-order valence-corrected chi connectivity index (χ4v) is 4.70. The Balaban J connectivity index is 1.54. The lowest BCUT2D eigenvalue weighted by Gasteiger charge is -2.39. The summed E-state index contributed by atoms with van der Waals surface area (Å²) in [6, 6.07) is 16.0. The maximum Gasteiger partial charge on any atom is 0.222 e. The fourth-order valence-electron chi connectivity index (χ4n) is 4.34. The second kappa shape index (κ2) is 8.35. The Labute approximate surface area is 181 Å². The van der Waals surface area contributed by atoms with Crippen molar-refractivity contribution in [3.63, 3.8) is 0 Å². The van der Waals surface area contributed by atoms with Gasteiger partial charge in [-0.3, -0.25) is 9.78 Å². The van der Waals surface area contributed by atoms with E-state index in [0.29, 0.717) is 19.5 Å². The number of amides is 1. The van der Waals surface area contributed by atoms with Crippen LogP contribution in [0.4, 0.5) is 4.39 Å². The molecule has 0 spiro atoms. The quantitative estimate of drug-likeness (QED) is 0.465. The molecule has 0 bridgehead atoms. The zero-order valence-corrected chi connectivity index (χ0v) is 18.1. The number of fused-ring (bicyclic) bond motifs is 1. The molecule has 1 saturated heterocycles. The average Bonchev–Trinajstić information content (AvgIpc) is 2.79. The summed E-state index contributed by atoms with van der Waals surface area (Å²) in [4.78, 5) is 18.1. The van der Waals surface area contributed by atoms with Gasteiger partial charge < -0.3 is 4.90 Å². The molecule has 5 heteroatoms. The minimum atomic E-state index is -1.50. The van der Waals surface area contributed by atoms with Gasteiger partial charge in [-0.2, -0.15) is 0 Å². The Hall–Kier alpha value is -2.46. The number of pyridine rings is 1. The molecule has 1 aliphatic rings. The topological polar surface area (TPSA) is 33.2 Å². The molecule has 1 atom stereocenters. The molecule has 2 aromatic carbocycles. The molecule has 2 heterocycles. The van der Waals surface area contributed by atoms with Gasteiger partial charge in [0.15, 0.2) is 0 Å². The van der Waals surface area contributed by atoms with E-state index in [2.05, 4.69) is 30.1 Å². The van der Waals surface area contributed by atoms with E-state index in [-0.39, 0.29) is 18.7 Å². The van der Waals surface area contributed by atoms with E-state index >= 15 is 4.39 Å². The molecule has 4 rings (SSSR count). The van der Waals surface area contributed by atoms with Gasteiger partial charge in [-0.25, -0.2) is 4.39 Å². The average molecular weight is 425 g/mol. The SMILES string of the molecule is CCC(=O)N1CCC(F)(C(Cl)c2ccc(-c3ccc4cccnc4c3C)cc2)CC1. The summed E-state index contributed by atoms with van der Waals surface area (Å²) >= 11 is 6.61. The lowest BCUT2D eigenvalue weighted by atomic mass is 9.85. The Kier molecular flexibility index (Phi) is 5.79. The monoisotopic (exact) mass is 424 g/mol. The largest absolute Gasteiger partial charge is 0.342 e. The van der Waals surface area contributed by atoms with E-state index in [1.807, 2.05) is 37.3 Å². The highest BCUT2D eigenvalue weighted by Crippen LogP contribution is 2.43. The Bertz CT molecular complexity index is 1060. The molecule has 0 saturated carbocycles. The lowest BCUT2D eigenvalue weighted by Crippen LogP contribution is -2.46. The van der Waals surface area contributed by atoms with Crippen LogP contribution in [0.1, 0.15) is 42.7 Å². The van der Waals surface area contributed by atoms with E-state index in [4.69, 9.17) is 11.6 Å². The maximum absolute atomic E-state index is 15.6. The van der Waals surface area contributed by atoms with E-state index < -0.39 is 11.0 Å².